The van der Waals surface area contributed by atoms with Gasteiger partial charge in [-0.25, -0.2) is 0 Å². The Labute approximate surface area is 116 Å². The predicted octanol–water partition coefficient (Wildman–Crippen LogP) is 2.90. The topological polar surface area (TPSA) is 41.5 Å². The van der Waals surface area contributed by atoms with Gasteiger partial charge in [0.05, 0.1) is 13.2 Å². The van der Waals surface area contributed by atoms with Crippen molar-refractivity contribution in [2.24, 2.45) is 5.92 Å². The van der Waals surface area contributed by atoms with E-state index in [0.717, 1.165) is 24.5 Å². The molecule has 3 nitrogen and oxygen atoms in total. The summed E-state index contributed by atoms with van der Waals surface area (Å²) in [5.74, 6) is 1.62. The SMILES string of the molecule is CCCC(O)CNC(c1ccc(OC)cc1)C1CC1. The molecule has 0 saturated heterocycles. The molecule has 1 aliphatic carbocycles. The smallest absolute Gasteiger partial charge is 0.118 e. The van der Waals surface area contributed by atoms with E-state index in [1.54, 1.807) is 7.11 Å². The molecule has 2 rings (SSSR count). The Morgan fingerprint density at radius 3 is 2.53 bits per heavy atom. The van der Waals surface area contributed by atoms with Crippen molar-refractivity contribution >= 4 is 0 Å². The van der Waals surface area contributed by atoms with Gasteiger partial charge in [0.15, 0.2) is 0 Å². The fourth-order valence-corrected chi connectivity index (χ4v) is 2.50. The van der Waals surface area contributed by atoms with Gasteiger partial charge in [-0.1, -0.05) is 25.5 Å². The molecule has 19 heavy (non-hydrogen) atoms. The van der Waals surface area contributed by atoms with Crippen molar-refractivity contribution in [2.45, 2.75) is 44.8 Å². The number of hydrogen-bond donors (Lipinski definition) is 2. The Kier molecular flexibility index (Phi) is 5.23. The summed E-state index contributed by atoms with van der Waals surface area (Å²) < 4.78 is 5.19. The molecule has 0 amide bonds. The molecule has 2 N–H and O–H groups in total. The van der Waals surface area contributed by atoms with E-state index in [2.05, 4.69) is 24.4 Å². The molecule has 0 aromatic heterocycles. The minimum absolute atomic E-state index is 0.232. The third kappa shape index (κ3) is 4.22. The Balaban J connectivity index is 1.95. The molecular formula is C16H25NO2. The lowest BCUT2D eigenvalue weighted by Crippen LogP contribution is -2.31. The van der Waals surface area contributed by atoms with Gasteiger partial charge in [0, 0.05) is 12.6 Å². The summed E-state index contributed by atoms with van der Waals surface area (Å²) in [6.07, 6.45) is 4.23. The molecule has 1 aromatic rings. The van der Waals surface area contributed by atoms with Gasteiger partial charge >= 0.3 is 0 Å². The largest absolute Gasteiger partial charge is 0.497 e. The lowest BCUT2D eigenvalue weighted by Gasteiger charge is -2.21. The summed E-state index contributed by atoms with van der Waals surface area (Å²) in [5, 5.41) is 13.4. The molecule has 1 saturated carbocycles. The van der Waals surface area contributed by atoms with Gasteiger partial charge in [-0.05, 0) is 42.9 Å². The number of rotatable bonds is 8. The van der Waals surface area contributed by atoms with E-state index in [-0.39, 0.29) is 6.10 Å². The van der Waals surface area contributed by atoms with Crippen molar-refractivity contribution in [1.29, 1.82) is 0 Å². The van der Waals surface area contributed by atoms with Crippen LogP contribution in [0, 0.1) is 5.92 Å². The van der Waals surface area contributed by atoms with Crippen molar-refractivity contribution in [3.8, 4) is 5.75 Å². The van der Waals surface area contributed by atoms with Crippen LogP contribution in [0.1, 0.15) is 44.2 Å². The highest BCUT2D eigenvalue weighted by atomic mass is 16.5. The first-order valence-corrected chi connectivity index (χ1v) is 7.30. The second-order valence-corrected chi connectivity index (χ2v) is 5.44. The lowest BCUT2D eigenvalue weighted by molar-refractivity contribution is 0.155. The Hall–Kier alpha value is -1.06. The summed E-state index contributed by atoms with van der Waals surface area (Å²) in [6.45, 7) is 2.78. The van der Waals surface area contributed by atoms with Crippen LogP contribution < -0.4 is 10.1 Å². The summed E-state index contributed by atoms with van der Waals surface area (Å²) in [4.78, 5) is 0. The van der Waals surface area contributed by atoms with Gasteiger partial charge in [-0.2, -0.15) is 0 Å². The van der Waals surface area contributed by atoms with Crippen LogP contribution in [0.2, 0.25) is 0 Å². The number of benzene rings is 1. The standard InChI is InChI=1S/C16H25NO2/c1-3-4-14(18)11-17-16(12-5-6-12)13-7-9-15(19-2)10-8-13/h7-10,12,14,16-18H,3-6,11H2,1-2H3. The number of methoxy groups -OCH3 is 1. The normalized spacial score (nSPS) is 18.1. The number of aliphatic hydroxyl groups is 1. The van der Waals surface area contributed by atoms with E-state index in [1.807, 2.05) is 12.1 Å². The highest BCUT2D eigenvalue weighted by molar-refractivity contribution is 5.30. The second-order valence-electron chi connectivity index (χ2n) is 5.44. The second kappa shape index (κ2) is 6.92. The van der Waals surface area contributed by atoms with Gasteiger partial charge in [0.2, 0.25) is 0 Å². The van der Waals surface area contributed by atoms with Crippen LogP contribution in [0.4, 0.5) is 0 Å². The van der Waals surface area contributed by atoms with Gasteiger partial charge in [-0.15, -0.1) is 0 Å². The molecule has 2 unspecified atom stereocenters. The van der Waals surface area contributed by atoms with Crippen molar-refractivity contribution in [2.75, 3.05) is 13.7 Å². The quantitative estimate of drug-likeness (QED) is 0.758. The fraction of sp³-hybridized carbons (Fsp3) is 0.625. The average molecular weight is 263 g/mol. The van der Waals surface area contributed by atoms with Crippen molar-refractivity contribution in [3.63, 3.8) is 0 Å². The number of ether oxygens (including phenoxy) is 1. The molecule has 2 atom stereocenters. The van der Waals surface area contributed by atoms with Gasteiger partial charge in [-0.3, -0.25) is 0 Å². The Morgan fingerprint density at radius 1 is 1.32 bits per heavy atom. The summed E-state index contributed by atoms with van der Waals surface area (Å²) in [6, 6.07) is 8.64. The maximum absolute atomic E-state index is 9.85. The molecule has 1 aromatic carbocycles. The van der Waals surface area contributed by atoms with E-state index in [0.29, 0.717) is 12.6 Å². The maximum atomic E-state index is 9.85. The minimum atomic E-state index is -0.232. The monoisotopic (exact) mass is 263 g/mol. The molecule has 1 aliphatic rings. The average Bonchev–Trinajstić information content (AvgIpc) is 3.25. The highest BCUT2D eigenvalue weighted by Gasteiger charge is 2.32. The van der Waals surface area contributed by atoms with Crippen LogP contribution in [0.25, 0.3) is 0 Å². The van der Waals surface area contributed by atoms with Crippen LogP contribution in [-0.4, -0.2) is 24.9 Å². The van der Waals surface area contributed by atoms with Crippen molar-refractivity contribution < 1.29 is 9.84 Å². The Bertz CT molecular complexity index is 373. The zero-order valence-corrected chi connectivity index (χ0v) is 11.9. The first-order chi connectivity index (χ1) is 9.24. The zero-order chi connectivity index (χ0) is 13.7. The van der Waals surface area contributed by atoms with E-state index in [1.165, 1.54) is 18.4 Å². The highest BCUT2D eigenvalue weighted by Crippen LogP contribution is 2.41. The first-order valence-electron chi connectivity index (χ1n) is 7.30. The van der Waals surface area contributed by atoms with E-state index < -0.39 is 0 Å². The molecule has 1 fully saturated rings. The van der Waals surface area contributed by atoms with E-state index >= 15 is 0 Å². The van der Waals surface area contributed by atoms with Gasteiger partial charge < -0.3 is 15.2 Å². The molecule has 0 aliphatic heterocycles. The third-order valence-electron chi connectivity index (χ3n) is 3.76. The predicted molar refractivity (Wildman–Crippen MR) is 77.4 cm³/mol. The van der Waals surface area contributed by atoms with E-state index in [4.69, 9.17) is 4.74 Å². The van der Waals surface area contributed by atoms with Gasteiger partial charge in [0.1, 0.15) is 5.75 Å². The molecule has 3 heteroatoms. The van der Waals surface area contributed by atoms with Crippen LogP contribution in [0.3, 0.4) is 0 Å². The third-order valence-corrected chi connectivity index (χ3v) is 3.76. The molecule has 0 spiro atoms. The number of aliphatic hydroxyl groups excluding tert-OH is 1. The number of hydrogen-bond acceptors (Lipinski definition) is 3. The zero-order valence-electron chi connectivity index (χ0n) is 11.9. The summed E-state index contributed by atoms with van der Waals surface area (Å²) in [7, 11) is 1.69. The molecular weight excluding hydrogens is 238 g/mol. The van der Waals surface area contributed by atoms with Crippen LogP contribution >= 0.6 is 0 Å². The fourth-order valence-electron chi connectivity index (χ4n) is 2.50. The minimum Gasteiger partial charge on any atom is -0.497 e. The summed E-state index contributed by atoms with van der Waals surface area (Å²) >= 11 is 0. The van der Waals surface area contributed by atoms with Gasteiger partial charge in [0.25, 0.3) is 0 Å². The van der Waals surface area contributed by atoms with Crippen molar-refractivity contribution in [3.05, 3.63) is 29.8 Å². The van der Waals surface area contributed by atoms with Crippen LogP contribution in [0.5, 0.6) is 5.75 Å². The molecule has 0 heterocycles. The number of nitrogens with one attached hydrogen (secondary N) is 1. The van der Waals surface area contributed by atoms with Crippen LogP contribution in [0.15, 0.2) is 24.3 Å². The van der Waals surface area contributed by atoms with E-state index in [9.17, 15) is 5.11 Å². The molecule has 0 radical (unpaired) electrons. The van der Waals surface area contributed by atoms with Crippen molar-refractivity contribution in [1.82, 2.24) is 5.32 Å². The Morgan fingerprint density at radius 2 is 2.00 bits per heavy atom. The van der Waals surface area contributed by atoms with Crippen LogP contribution in [-0.2, 0) is 0 Å². The molecule has 106 valence electrons. The first kappa shape index (κ1) is 14.4. The lowest BCUT2D eigenvalue weighted by atomic mass is 10.0. The molecule has 0 bridgehead atoms. The summed E-state index contributed by atoms with van der Waals surface area (Å²) in [5.41, 5.74) is 1.30. The maximum Gasteiger partial charge on any atom is 0.118 e.